The predicted molar refractivity (Wildman–Crippen MR) is 157 cm³/mol. The number of carbonyl (C=O) groups is 6. The molecule has 0 aliphatic carbocycles. The molecule has 15 nitrogen and oxygen atoms in total. The van der Waals surface area contributed by atoms with Crippen molar-refractivity contribution < 1.29 is 48.1 Å². The molecule has 1 aromatic heterocycles. The topological polar surface area (TPSA) is 185 Å². The second-order valence-corrected chi connectivity index (χ2v) is 10.5. The summed E-state index contributed by atoms with van der Waals surface area (Å²) in [6.07, 6.45) is 0.122. The Kier molecular flexibility index (Phi) is 11.1. The highest BCUT2D eigenvalue weighted by Gasteiger charge is 2.35. The van der Waals surface area contributed by atoms with E-state index in [-0.39, 0.29) is 57.1 Å². The van der Waals surface area contributed by atoms with Crippen LogP contribution in [0.25, 0.3) is 10.9 Å². The molecule has 3 heterocycles. The summed E-state index contributed by atoms with van der Waals surface area (Å²) in [5.41, 5.74) is 0.287. The number of rotatable bonds is 11. The highest BCUT2D eigenvalue weighted by Crippen LogP contribution is 2.26. The average Bonchev–Trinajstić information content (AvgIpc) is 3.55. The normalized spacial score (nSPS) is 17.0. The van der Waals surface area contributed by atoms with Gasteiger partial charge in [0.1, 0.15) is 23.5 Å². The van der Waals surface area contributed by atoms with Crippen LogP contribution in [-0.2, 0) is 28.7 Å². The summed E-state index contributed by atoms with van der Waals surface area (Å²) in [4.78, 5) is 84.1. The number of methoxy groups -OCH3 is 1. The first-order valence-electron chi connectivity index (χ1n) is 14.8. The Hall–Kier alpha value is -4.95. The molecule has 2 atom stereocenters. The number of nitrogens with zero attached hydrogens (tertiary/aromatic N) is 4. The lowest BCUT2D eigenvalue weighted by atomic mass is 10.1. The van der Waals surface area contributed by atoms with Crippen LogP contribution in [-0.4, -0.2) is 126 Å². The number of fused-ring (bicyclic) bond motifs is 1. The van der Waals surface area contributed by atoms with Gasteiger partial charge in [0.25, 0.3) is 11.8 Å². The molecule has 0 unspecified atom stereocenters. The maximum absolute atomic E-state index is 13.5. The standard InChI is InChI=1S/C30H37N5O10/c1-3-44-30(42)34-15-13-33(14-16-34)28(40)21(10-11-26(37)38)32-27(39)22-17-24(19-7-4-5-8-20(19)31-22)45-18-25(36)35-12-6-9-23(35)29(41)43-2/h4-5,7-8,17,21,23H,3,6,9-16,18H2,1-2H3,(H,32,39)(H,37,38)/t21-,23-/m0/s1. The quantitative estimate of drug-likeness (QED) is 0.339. The van der Waals surface area contributed by atoms with Crippen molar-refractivity contribution in [2.45, 2.75) is 44.7 Å². The van der Waals surface area contributed by atoms with Crippen LogP contribution in [0, 0.1) is 0 Å². The smallest absolute Gasteiger partial charge is 0.409 e. The lowest BCUT2D eigenvalue weighted by Gasteiger charge is -2.35. The van der Waals surface area contributed by atoms with Gasteiger partial charge >= 0.3 is 18.0 Å². The summed E-state index contributed by atoms with van der Waals surface area (Å²) in [5.74, 6) is -3.08. The number of benzene rings is 1. The van der Waals surface area contributed by atoms with Gasteiger partial charge in [-0.3, -0.25) is 19.2 Å². The van der Waals surface area contributed by atoms with Gasteiger partial charge in [0.2, 0.25) is 5.91 Å². The van der Waals surface area contributed by atoms with Crippen molar-refractivity contribution in [1.29, 1.82) is 0 Å². The van der Waals surface area contributed by atoms with E-state index in [9.17, 15) is 33.9 Å². The molecular weight excluding hydrogens is 590 g/mol. The minimum atomic E-state index is -1.17. The number of amides is 4. The number of carbonyl (C=O) groups excluding carboxylic acids is 5. The number of carboxylic acids is 1. The summed E-state index contributed by atoms with van der Waals surface area (Å²) >= 11 is 0. The van der Waals surface area contributed by atoms with Crippen molar-refractivity contribution in [1.82, 2.24) is 25.0 Å². The van der Waals surface area contributed by atoms with Gasteiger partial charge in [-0.05, 0) is 38.3 Å². The number of esters is 1. The van der Waals surface area contributed by atoms with Gasteiger partial charge in [0.05, 0.1) is 19.2 Å². The summed E-state index contributed by atoms with van der Waals surface area (Å²) in [5, 5.41) is 12.4. The van der Waals surface area contributed by atoms with Crippen molar-refractivity contribution >= 4 is 46.7 Å². The van der Waals surface area contributed by atoms with Crippen LogP contribution in [0.3, 0.4) is 0 Å². The molecular formula is C30H37N5O10. The number of aliphatic carboxylic acids is 1. The van der Waals surface area contributed by atoms with Crippen molar-refractivity contribution in [2.24, 2.45) is 0 Å². The number of ether oxygens (including phenoxy) is 3. The van der Waals surface area contributed by atoms with Crippen LogP contribution < -0.4 is 10.1 Å². The fourth-order valence-electron chi connectivity index (χ4n) is 5.35. The summed E-state index contributed by atoms with van der Waals surface area (Å²) in [6.45, 7) is 2.73. The molecule has 4 amide bonds. The monoisotopic (exact) mass is 627 g/mol. The largest absolute Gasteiger partial charge is 0.483 e. The van der Waals surface area contributed by atoms with E-state index in [2.05, 4.69) is 10.3 Å². The minimum Gasteiger partial charge on any atom is -0.483 e. The maximum Gasteiger partial charge on any atom is 0.409 e. The predicted octanol–water partition coefficient (Wildman–Crippen LogP) is 1.04. The van der Waals surface area contributed by atoms with Gasteiger partial charge in [-0.2, -0.15) is 0 Å². The van der Waals surface area contributed by atoms with E-state index in [0.717, 1.165) is 0 Å². The third kappa shape index (κ3) is 8.16. The molecule has 1 aromatic carbocycles. The number of piperazine rings is 1. The number of para-hydroxylation sites is 1. The molecule has 2 aliphatic heterocycles. The van der Waals surface area contributed by atoms with Crippen molar-refractivity contribution in [3.05, 3.63) is 36.0 Å². The van der Waals surface area contributed by atoms with Gasteiger partial charge in [0, 0.05) is 50.6 Å². The van der Waals surface area contributed by atoms with Gasteiger partial charge in [-0.1, -0.05) is 12.1 Å². The van der Waals surface area contributed by atoms with Crippen LogP contribution in [0.15, 0.2) is 30.3 Å². The average molecular weight is 628 g/mol. The van der Waals surface area contributed by atoms with Crippen LogP contribution in [0.1, 0.15) is 43.1 Å². The van der Waals surface area contributed by atoms with Crippen LogP contribution >= 0.6 is 0 Å². The maximum atomic E-state index is 13.5. The molecule has 2 aromatic rings. The Labute approximate surface area is 259 Å². The van der Waals surface area contributed by atoms with Crippen molar-refractivity contribution in [2.75, 3.05) is 53.0 Å². The van der Waals surface area contributed by atoms with Crippen molar-refractivity contribution in [3.8, 4) is 5.75 Å². The molecule has 242 valence electrons. The lowest BCUT2D eigenvalue weighted by Crippen LogP contribution is -2.56. The first kappa shape index (κ1) is 33.0. The second kappa shape index (κ2) is 15.2. The molecule has 2 saturated heterocycles. The molecule has 0 spiro atoms. The molecule has 2 N–H and O–H groups in total. The minimum absolute atomic E-state index is 0.106. The number of hydrogen-bond acceptors (Lipinski definition) is 10. The Morgan fingerprint density at radius 3 is 2.44 bits per heavy atom. The number of hydrogen-bond donors (Lipinski definition) is 2. The third-order valence-electron chi connectivity index (χ3n) is 7.68. The number of aromatic nitrogens is 1. The van der Waals surface area contributed by atoms with Gasteiger partial charge in [0.15, 0.2) is 6.61 Å². The zero-order valence-electron chi connectivity index (χ0n) is 25.2. The highest BCUT2D eigenvalue weighted by atomic mass is 16.6. The van der Waals surface area contributed by atoms with E-state index in [1.165, 1.54) is 27.9 Å². The number of likely N-dealkylation sites (tertiary alicyclic amines) is 1. The second-order valence-electron chi connectivity index (χ2n) is 10.5. The van der Waals surface area contributed by atoms with Gasteiger partial charge < -0.3 is 39.3 Å². The number of nitrogens with one attached hydrogen (secondary N) is 1. The van der Waals surface area contributed by atoms with Crippen molar-refractivity contribution in [3.63, 3.8) is 0 Å². The Morgan fingerprint density at radius 1 is 1.04 bits per heavy atom. The van der Waals surface area contributed by atoms with E-state index < -0.39 is 54.4 Å². The Bertz CT molecular complexity index is 1440. The first-order chi connectivity index (χ1) is 21.6. The van der Waals surface area contributed by atoms with Gasteiger partial charge in [-0.15, -0.1) is 0 Å². The van der Waals surface area contributed by atoms with Gasteiger partial charge in [-0.25, -0.2) is 14.6 Å². The Morgan fingerprint density at radius 2 is 1.76 bits per heavy atom. The fourth-order valence-corrected chi connectivity index (χ4v) is 5.35. The number of pyridine rings is 1. The molecule has 2 fully saturated rings. The zero-order chi connectivity index (χ0) is 32.5. The third-order valence-corrected chi connectivity index (χ3v) is 7.68. The van der Waals surface area contributed by atoms with E-state index in [1.807, 2.05) is 0 Å². The zero-order valence-corrected chi connectivity index (χ0v) is 25.2. The number of carboxylic acid groups (broad SMARTS) is 1. The van der Waals surface area contributed by atoms with E-state index in [4.69, 9.17) is 14.2 Å². The molecule has 4 rings (SSSR count). The molecule has 0 saturated carbocycles. The fraction of sp³-hybridized carbons (Fsp3) is 0.500. The molecule has 15 heteroatoms. The SMILES string of the molecule is CCOC(=O)N1CCN(C(=O)[C@H](CCC(=O)O)NC(=O)c2cc(OCC(=O)N3CCC[C@H]3C(=O)OC)c3ccccc3n2)CC1. The summed E-state index contributed by atoms with van der Waals surface area (Å²) < 4.78 is 15.7. The summed E-state index contributed by atoms with van der Waals surface area (Å²) in [7, 11) is 1.27. The Balaban J connectivity index is 1.49. The van der Waals surface area contributed by atoms with Crippen LogP contribution in [0.4, 0.5) is 4.79 Å². The highest BCUT2D eigenvalue weighted by molar-refractivity contribution is 5.99. The van der Waals surface area contributed by atoms with Crippen LogP contribution in [0.2, 0.25) is 0 Å². The van der Waals surface area contributed by atoms with E-state index in [0.29, 0.717) is 30.3 Å². The lowest BCUT2D eigenvalue weighted by molar-refractivity contribution is -0.151. The summed E-state index contributed by atoms with van der Waals surface area (Å²) in [6, 6.07) is 6.32. The van der Waals surface area contributed by atoms with E-state index in [1.54, 1.807) is 31.2 Å². The molecule has 0 radical (unpaired) electrons. The van der Waals surface area contributed by atoms with E-state index >= 15 is 0 Å². The van der Waals surface area contributed by atoms with Crippen LogP contribution in [0.5, 0.6) is 5.75 Å². The first-order valence-corrected chi connectivity index (χ1v) is 14.8. The molecule has 45 heavy (non-hydrogen) atoms. The molecule has 0 bridgehead atoms. The molecule has 2 aliphatic rings.